The van der Waals surface area contributed by atoms with Gasteiger partial charge in [-0.3, -0.25) is 14.4 Å². The van der Waals surface area contributed by atoms with E-state index in [-0.39, 0.29) is 23.3 Å². The topological polar surface area (TPSA) is 87.3 Å². The van der Waals surface area contributed by atoms with Crippen LogP contribution < -0.4 is 16.0 Å². The minimum Gasteiger partial charge on any atom is -0.340 e. The Kier molecular flexibility index (Phi) is 7.61. The molecule has 3 aromatic carbocycles. The summed E-state index contributed by atoms with van der Waals surface area (Å²) in [6.07, 6.45) is 0. The van der Waals surface area contributed by atoms with Gasteiger partial charge in [-0.25, -0.2) is 0 Å². The van der Waals surface area contributed by atoms with Crippen LogP contribution >= 0.6 is 0 Å². The van der Waals surface area contributed by atoms with Crippen LogP contribution in [0.4, 0.5) is 11.4 Å². The summed E-state index contributed by atoms with van der Waals surface area (Å²) in [5.74, 6) is -1.20. The maximum Gasteiger partial charge on any atom is 0.255 e. The van der Waals surface area contributed by atoms with Crippen molar-refractivity contribution in [2.45, 2.75) is 33.7 Å². The molecule has 6 nitrogen and oxygen atoms in total. The lowest BCUT2D eigenvalue weighted by atomic mass is 10.0. The zero-order chi connectivity index (χ0) is 24.0. The smallest absolute Gasteiger partial charge is 0.255 e. The second-order valence-corrected chi connectivity index (χ2v) is 8.42. The van der Waals surface area contributed by atoms with Crippen LogP contribution in [0.3, 0.4) is 0 Å². The van der Waals surface area contributed by atoms with Gasteiger partial charge in [0.15, 0.2) is 0 Å². The number of aryl methyl sites for hydroxylation is 2. The predicted molar refractivity (Wildman–Crippen MR) is 131 cm³/mol. The molecule has 0 saturated heterocycles. The fraction of sp³-hybridized carbons (Fsp3) is 0.222. The molecular weight excluding hydrogens is 414 g/mol. The third-order valence-electron chi connectivity index (χ3n) is 5.29. The minimum absolute atomic E-state index is 0.145. The molecular formula is C27H29N3O3. The Labute approximate surface area is 194 Å². The molecule has 3 rings (SSSR count). The Morgan fingerprint density at radius 1 is 0.697 bits per heavy atom. The van der Waals surface area contributed by atoms with Crippen molar-refractivity contribution in [3.63, 3.8) is 0 Å². The summed E-state index contributed by atoms with van der Waals surface area (Å²) in [5.41, 5.74) is 3.96. The highest BCUT2D eigenvalue weighted by atomic mass is 16.2. The summed E-state index contributed by atoms with van der Waals surface area (Å²) in [5, 5.41) is 8.48. The standard InChI is InChI=1S/C27H29N3O3/c1-17(2)24(27(33)28-21-15-11-19(4)12-16-21)30-26(32)22-7-5-6-8-23(22)29-25(31)20-13-9-18(3)10-14-20/h5-17,24H,1-4H3,(H,28,33)(H,29,31)(H,30,32)/t24-/m0/s1. The second-order valence-electron chi connectivity index (χ2n) is 8.42. The molecule has 6 heteroatoms. The molecule has 0 fully saturated rings. The molecule has 0 spiro atoms. The fourth-order valence-electron chi connectivity index (χ4n) is 3.30. The number of hydrogen-bond acceptors (Lipinski definition) is 3. The van der Waals surface area contributed by atoms with Crippen LogP contribution in [0.15, 0.2) is 72.8 Å². The first-order chi connectivity index (χ1) is 15.7. The van der Waals surface area contributed by atoms with Crippen molar-refractivity contribution in [2.24, 2.45) is 5.92 Å². The number of rotatable bonds is 7. The maximum atomic E-state index is 13.1. The van der Waals surface area contributed by atoms with Crippen LogP contribution in [0, 0.1) is 19.8 Å². The zero-order valence-corrected chi connectivity index (χ0v) is 19.3. The van der Waals surface area contributed by atoms with Gasteiger partial charge in [0.2, 0.25) is 5.91 Å². The van der Waals surface area contributed by atoms with Crippen molar-refractivity contribution in [3.8, 4) is 0 Å². The van der Waals surface area contributed by atoms with Gasteiger partial charge in [0.25, 0.3) is 11.8 Å². The summed E-state index contributed by atoms with van der Waals surface area (Å²) in [7, 11) is 0. The highest BCUT2D eigenvalue weighted by Crippen LogP contribution is 2.18. The van der Waals surface area contributed by atoms with Crippen molar-refractivity contribution in [1.82, 2.24) is 5.32 Å². The minimum atomic E-state index is -0.750. The Bertz CT molecular complexity index is 1140. The van der Waals surface area contributed by atoms with Gasteiger partial charge in [-0.05, 0) is 56.2 Å². The third-order valence-corrected chi connectivity index (χ3v) is 5.29. The van der Waals surface area contributed by atoms with Crippen molar-refractivity contribution >= 4 is 29.1 Å². The van der Waals surface area contributed by atoms with E-state index in [2.05, 4.69) is 16.0 Å². The molecule has 0 aliphatic rings. The summed E-state index contributed by atoms with van der Waals surface area (Å²) < 4.78 is 0. The number of hydrogen-bond donors (Lipinski definition) is 3. The highest BCUT2D eigenvalue weighted by molar-refractivity contribution is 6.10. The van der Waals surface area contributed by atoms with Crippen molar-refractivity contribution in [2.75, 3.05) is 10.6 Å². The number of para-hydroxylation sites is 1. The van der Waals surface area contributed by atoms with E-state index in [0.29, 0.717) is 16.9 Å². The second kappa shape index (κ2) is 10.6. The Morgan fingerprint density at radius 3 is 1.88 bits per heavy atom. The predicted octanol–water partition coefficient (Wildman–Crippen LogP) is 4.95. The van der Waals surface area contributed by atoms with E-state index >= 15 is 0 Å². The summed E-state index contributed by atoms with van der Waals surface area (Å²) in [6, 6.07) is 20.6. The molecule has 0 unspecified atom stereocenters. The molecule has 1 atom stereocenters. The van der Waals surface area contributed by atoms with E-state index in [1.54, 1.807) is 36.4 Å². The largest absolute Gasteiger partial charge is 0.340 e. The first-order valence-corrected chi connectivity index (χ1v) is 10.9. The molecule has 3 aromatic rings. The number of nitrogens with one attached hydrogen (secondary N) is 3. The molecule has 0 aliphatic carbocycles. The summed E-state index contributed by atoms with van der Waals surface area (Å²) in [6.45, 7) is 7.65. The molecule has 0 aliphatic heterocycles. The average Bonchev–Trinajstić information content (AvgIpc) is 2.79. The number of amides is 3. The van der Waals surface area contributed by atoms with Crippen molar-refractivity contribution in [1.29, 1.82) is 0 Å². The van der Waals surface area contributed by atoms with Gasteiger partial charge in [-0.1, -0.05) is 61.4 Å². The van der Waals surface area contributed by atoms with Crippen LogP contribution in [0.5, 0.6) is 0 Å². The monoisotopic (exact) mass is 443 g/mol. The molecule has 0 heterocycles. The van der Waals surface area contributed by atoms with Gasteiger partial charge in [0, 0.05) is 11.3 Å². The van der Waals surface area contributed by atoms with Gasteiger partial charge in [0.05, 0.1) is 11.3 Å². The van der Waals surface area contributed by atoms with E-state index in [1.165, 1.54) is 0 Å². The van der Waals surface area contributed by atoms with Gasteiger partial charge in [-0.15, -0.1) is 0 Å². The first kappa shape index (κ1) is 23.7. The van der Waals surface area contributed by atoms with E-state index in [0.717, 1.165) is 11.1 Å². The van der Waals surface area contributed by atoms with E-state index in [9.17, 15) is 14.4 Å². The number of carbonyl (C=O) groups excluding carboxylic acids is 3. The van der Waals surface area contributed by atoms with Crippen LogP contribution in [-0.2, 0) is 4.79 Å². The van der Waals surface area contributed by atoms with Crippen LogP contribution in [0.25, 0.3) is 0 Å². The quantitative estimate of drug-likeness (QED) is 0.483. The Balaban J connectivity index is 1.75. The number of benzene rings is 3. The summed E-state index contributed by atoms with van der Waals surface area (Å²) >= 11 is 0. The molecule has 33 heavy (non-hydrogen) atoms. The third kappa shape index (κ3) is 6.29. The SMILES string of the molecule is Cc1ccc(NC(=O)[C@@H](NC(=O)c2ccccc2NC(=O)c2ccc(C)cc2)C(C)C)cc1. The zero-order valence-electron chi connectivity index (χ0n) is 19.3. The van der Waals surface area contributed by atoms with Crippen LogP contribution in [-0.4, -0.2) is 23.8 Å². The fourth-order valence-corrected chi connectivity index (χ4v) is 3.30. The lowest BCUT2D eigenvalue weighted by Gasteiger charge is -2.22. The van der Waals surface area contributed by atoms with E-state index < -0.39 is 11.9 Å². The molecule has 0 radical (unpaired) electrons. The van der Waals surface area contributed by atoms with Crippen molar-refractivity contribution in [3.05, 3.63) is 95.1 Å². The lowest BCUT2D eigenvalue weighted by molar-refractivity contribution is -0.118. The van der Waals surface area contributed by atoms with Gasteiger partial charge >= 0.3 is 0 Å². The molecule has 3 N–H and O–H groups in total. The summed E-state index contributed by atoms with van der Waals surface area (Å²) in [4.78, 5) is 38.6. The van der Waals surface area contributed by atoms with Gasteiger partial charge < -0.3 is 16.0 Å². The molecule has 3 amide bonds. The lowest BCUT2D eigenvalue weighted by Crippen LogP contribution is -2.47. The molecule has 0 saturated carbocycles. The maximum absolute atomic E-state index is 13.1. The molecule has 170 valence electrons. The normalized spacial score (nSPS) is 11.5. The van der Waals surface area contributed by atoms with E-state index in [4.69, 9.17) is 0 Å². The van der Waals surface area contributed by atoms with Gasteiger partial charge in [0.1, 0.15) is 6.04 Å². The van der Waals surface area contributed by atoms with Crippen LogP contribution in [0.2, 0.25) is 0 Å². The molecule has 0 bridgehead atoms. The number of anilines is 2. The Hall–Kier alpha value is -3.93. The Morgan fingerprint density at radius 2 is 1.27 bits per heavy atom. The van der Waals surface area contributed by atoms with Gasteiger partial charge in [-0.2, -0.15) is 0 Å². The first-order valence-electron chi connectivity index (χ1n) is 10.9. The number of carbonyl (C=O) groups is 3. The van der Waals surface area contributed by atoms with Crippen molar-refractivity contribution < 1.29 is 14.4 Å². The molecule has 0 aromatic heterocycles. The van der Waals surface area contributed by atoms with E-state index in [1.807, 2.05) is 64.1 Å². The van der Waals surface area contributed by atoms with Crippen LogP contribution in [0.1, 0.15) is 45.7 Å². The highest BCUT2D eigenvalue weighted by Gasteiger charge is 2.26. The average molecular weight is 444 g/mol.